The van der Waals surface area contributed by atoms with Gasteiger partial charge in [0.05, 0.1) is 0 Å². The summed E-state index contributed by atoms with van der Waals surface area (Å²) in [5.74, 6) is -0.640. The molecule has 1 atom stereocenters. The standard InChI is InChI=1S/C8H11NO2/c9-5-6-2-1-3-7(4-6)8(10)11/h1-3,6H,4-5,9H2,(H,10,11). The molecule has 3 N–H and O–H groups in total. The van der Waals surface area contributed by atoms with Crippen molar-refractivity contribution >= 4 is 5.97 Å². The molecule has 0 aromatic rings. The molecule has 0 aliphatic heterocycles. The van der Waals surface area contributed by atoms with Crippen LogP contribution in [0.1, 0.15) is 6.42 Å². The molecule has 1 aliphatic rings. The van der Waals surface area contributed by atoms with Gasteiger partial charge < -0.3 is 10.8 Å². The fourth-order valence-corrected chi connectivity index (χ4v) is 1.07. The minimum absolute atomic E-state index is 0.200. The van der Waals surface area contributed by atoms with Crippen LogP contribution in [-0.2, 0) is 4.79 Å². The Labute approximate surface area is 65.2 Å². The summed E-state index contributed by atoms with van der Waals surface area (Å²) in [5, 5.41) is 8.61. The Balaban J connectivity index is 2.64. The number of carboxylic acid groups (broad SMARTS) is 1. The Morgan fingerprint density at radius 3 is 3.09 bits per heavy atom. The van der Waals surface area contributed by atoms with Crippen LogP contribution in [0.2, 0.25) is 0 Å². The van der Waals surface area contributed by atoms with E-state index >= 15 is 0 Å². The Morgan fingerprint density at radius 1 is 1.82 bits per heavy atom. The first kappa shape index (κ1) is 8.01. The van der Waals surface area contributed by atoms with Crippen LogP contribution in [0, 0.1) is 5.92 Å². The molecular formula is C8H11NO2. The smallest absolute Gasteiger partial charge is 0.331 e. The molecule has 0 saturated carbocycles. The molecule has 0 radical (unpaired) electrons. The largest absolute Gasteiger partial charge is 0.478 e. The molecule has 0 spiro atoms. The first-order valence-electron chi connectivity index (χ1n) is 3.54. The highest BCUT2D eigenvalue weighted by molar-refractivity contribution is 5.87. The van der Waals surface area contributed by atoms with Crippen LogP contribution in [0.4, 0.5) is 0 Å². The third-order valence-corrected chi connectivity index (χ3v) is 1.74. The van der Waals surface area contributed by atoms with E-state index in [9.17, 15) is 4.79 Å². The van der Waals surface area contributed by atoms with Gasteiger partial charge in [-0.3, -0.25) is 0 Å². The molecule has 11 heavy (non-hydrogen) atoms. The van der Waals surface area contributed by atoms with Crippen molar-refractivity contribution in [3.8, 4) is 0 Å². The molecule has 1 aliphatic carbocycles. The van der Waals surface area contributed by atoms with Gasteiger partial charge in [0.1, 0.15) is 0 Å². The summed E-state index contributed by atoms with van der Waals surface area (Å²) in [5.41, 5.74) is 5.84. The van der Waals surface area contributed by atoms with E-state index in [0.717, 1.165) is 0 Å². The zero-order chi connectivity index (χ0) is 8.27. The summed E-state index contributed by atoms with van der Waals surface area (Å²) in [4.78, 5) is 10.5. The Bertz CT molecular complexity index is 218. The second-order valence-electron chi connectivity index (χ2n) is 2.58. The van der Waals surface area contributed by atoms with Gasteiger partial charge in [-0.15, -0.1) is 0 Å². The van der Waals surface area contributed by atoms with Gasteiger partial charge in [0.15, 0.2) is 0 Å². The predicted octanol–water partition coefficient (Wildman–Crippen LogP) is 0.532. The quantitative estimate of drug-likeness (QED) is 0.608. The SMILES string of the molecule is NCC1C=CC=C(C(=O)O)C1. The van der Waals surface area contributed by atoms with Crippen LogP contribution in [0.3, 0.4) is 0 Å². The lowest BCUT2D eigenvalue weighted by Gasteiger charge is -2.13. The fourth-order valence-electron chi connectivity index (χ4n) is 1.07. The third kappa shape index (κ3) is 1.91. The van der Waals surface area contributed by atoms with Crippen molar-refractivity contribution in [3.05, 3.63) is 23.8 Å². The Hall–Kier alpha value is -1.09. The van der Waals surface area contributed by atoms with E-state index in [4.69, 9.17) is 10.8 Å². The number of allylic oxidation sites excluding steroid dienone is 2. The van der Waals surface area contributed by atoms with E-state index in [2.05, 4.69) is 0 Å². The van der Waals surface area contributed by atoms with Crippen molar-refractivity contribution in [2.75, 3.05) is 6.54 Å². The van der Waals surface area contributed by atoms with Crippen molar-refractivity contribution in [2.24, 2.45) is 11.7 Å². The summed E-state index contributed by atoms with van der Waals surface area (Å²) in [6.07, 6.45) is 5.87. The number of carbonyl (C=O) groups is 1. The van der Waals surface area contributed by atoms with E-state index in [-0.39, 0.29) is 5.92 Å². The van der Waals surface area contributed by atoms with Crippen molar-refractivity contribution < 1.29 is 9.90 Å². The van der Waals surface area contributed by atoms with Crippen LogP contribution in [0.25, 0.3) is 0 Å². The summed E-state index contributed by atoms with van der Waals surface area (Å²) >= 11 is 0. The molecule has 1 rings (SSSR count). The van der Waals surface area contributed by atoms with E-state index in [0.29, 0.717) is 18.5 Å². The van der Waals surface area contributed by atoms with Crippen LogP contribution < -0.4 is 5.73 Å². The lowest BCUT2D eigenvalue weighted by molar-refractivity contribution is -0.132. The van der Waals surface area contributed by atoms with Gasteiger partial charge in [-0.25, -0.2) is 4.79 Å². The fraction of sp³-hybridized carbons (Fsp3) is 0.375. The number of carboxylic acids is 1. The summed E-state index contributed by atoms with van der Waals surface area (Å²) in [7, 11) is 0. The van der Waals surface area contributed by atoms with Crippen molar-refractivity contribution in [1.29, 1.82) is 0 Å². The normalized spacial score (nSPS) is 23.0. The maximum Gasteiger partial charge on any atom is 0.331 e. The molecule has 3 heteroatoms. The first-order valence-corrected chi connectivity index (χ1v) is 3.54. The molecule has 60 valence electrons. The lowest BCUT2D eigenvalue weighted by Crippen LogP contribution is -2.17. The van der Waals surface area contributed by atoms with E-state index in [1.54, 1.807) is 12.2 Å². The monoisotopic (exact) mass is 153 g/mol. The molecule has 0 amide bonds. The molecule has 0 saturated heterocycles. The van der Waals surface area contributed by atoms with Gasteiger partial charge in [-0.1, -0.05) is 18.2 Å². The average molecular weight is 153 g/mol. The molecule has 0 aromatic heterocycles. The molecule has 0 heterocycles. The minimum atomic E-state index is -0.840. The number of nitrogens with two attached hydrogens (primary N) is 1. The van der Waals surface area contributed by atoms with Crippen molar-refractivity contribution in [1.82, 2.24) is 0 Å². The maximum atomic E-state index is 10.5. The zero-order valence-corrected chi connectivity index (χ0v) is 6.16. The van der Waals surface area contributed by atoms with Gasteiger partial charge in [0, 0.05) is 5.57 Å². The van der Waals surface area contributed by atoms with Crippen LogP contribution in [0.5, 0.6) is 0 Å². The van der Waals surface area contributed by atoms with Crippen molar-refractivity contribution in [3.63, 3.8) is 0 Å². The van der Waals surface area contributed by atoms with E-state index in [1.165, 1.54) is 0 Å². The topological polar surface area (TPSA) is 63.3 Å². The van der Waals surface area contributed by atoms with Crippen LogP contribution in [-0.4, -0.2) is 17.6 Å². The van der Waals surface area contributed by atoms with Gasteiger partial charge in [0.25, 0.3) is 0 Å². The third-order valence-electron chi connectivity index (χ3n) is 1.74. The zero-order valence-electron chi connectivity index (χ0n) is 6.16. The highest BCUT2D eigenvalue weighted by atomic mass is 16.4. The number of aliphatic carboxylic acids is 1. The Morgan fingerprint density at radius 2 is 2.55 bits per heavy atom. The second-order valence-corrected chi connectivity index (χ2v) is 2.58. The van der Waals surface area contributed by atoms with Gasteiger partial charge in [-0.05, 0) is 18.9 Å². The molecule has 1 unspecified atom stereocenters. The number of hydrogen-bond donors (Lipinski definition) is 2. The highest BCUT2D eigenvalue weighted by Gasteiger charge is 2.14. The highest BCUT2D eigenvalue weighted by Crippen LogP contribution is 2.17. The van der Waals surface area contributed by atoms with E-state index in [1.807, 2.05) is 6.08 Å². The van der Waals surface area contributed by atoms with E-state index < -0.39 is 5.97 Å². The number of hydrogen-bond acceptors (Lipinski definition) is 2. The molecule has 0 fully saturated rings. The van der Waals surface area contributed by atoms with Gasteiger partial charge >= 0.3 is 5.97 Å². The van der Waals surface area contributed by atoms with Gasteiger partial charge in [-0.2, -0.15) is 0 Å². The van der Waals surface area contributed by atoms with Crippen LogP contribution >= 0.6 is 0 Å². The molecule has 0 bridgehead atoms. The summed E-state index contributed by atoms with van der Waals surface area (Å²) < 4.78 is 0. The van der Waals surface area contributed by atoms with Gasteiger partial charge in [0.2, 0.25) is 0 Å². The summed E-state index contributed by atoms with van der Waals surface area (Å²) in [6, 6.07) is 0. The summed E-state index contributed by atoms with van der Waals surface area (Å²) in [6.45, 7) is 0.515. The molecule has 0 aromatic carbocycles. The Kier molecular flexibility index (Phi) is 2.44. The maximum absolute atomic E-state index is 10.5. The van der Waals surface area contributed by atoms with Crippen LogP contribution in [0.15, 0.2) is 23.8 Å². The van der Waals surface area contributed by atoms with Crippen molar-refractivity contribution in [2.45, 2.75) is 6.42 Å². The number of rotatable bonds is 2. The average Bonchev–Trinajstić information content (AvgIpc) is 2.05. The second kappa shape index (κ2) is 3.34. The predicted molar refractivity (Wildman–Crippen MR) is 42.0 cm³/mol. The molecule has 3 nitrogen and oxygen atoms in total. The minimum Gasteiger partial charge on any atom is -0.478 e. The lowest BCUT2D eigenvalue weighted by atomic mass is 9.95. The first-order chi connectivity index (χ1) is 5.24. The molecular weight excluding hydrogens is 142 g/mol.